The van der Waals surface area contributed by atoms with Gasteiger partial charge in [0.15, 0.2) is 11.5 Å². The maximum absolute atomic E-state index is 12.6. The van der Waals surface area contributed by atoms with Crippen LogP contribution >= 0.6 is 0 Å². The van der Waals surface area contributed by atoms with E-state index < -0.39 is 0 Å². The molecule has 5 nitrogen and oxygen atoms in total. The van der Waals surface area contributed by atoms with Crippen LogP contribution in [0.1, 0.15) is 49.3 Å². The van der Waals surface area contributed by atoms with Gasteiger partial charge in [-0.15, -0.1) is 0 Å². The van der Waals surface area contributed by atoms with E-state index in [4.69, 9.17) is 9.47 Å². The number of ether oxygens (including phenoxy) is 2. The Morgan fingerprint density at radius 1 is 1.03 bits per heavy atom. The summed E-state index contributed by atoms with van der Waals surface area (Å²) in [5.41, 5.74) is 3.59. The molecule has 1 aliphatic rings. The van der Waals surface area contributed by atoms with Crippen LogP contribution in [0.5, 0.6) is 11.5 Å². The van der Waals surface area contributed by atoms with Gasteiger partial charge in [-0.3, -0.25) is 9.69 Å². The summed E-state index contributed by atoms with van der Waals surface area (Å²) in [6.07, 6.45) is 2.35. The lowest BCUT2D eigenvalue weighted by Crippen LogP contribution is -2.37. The quantitative estimate of drug-likeness (QED) is 0.657. The Kier molecular flexibility index (Phi) is 7.15. The smallest absolute Gasteiger partial charge is 0.234 e. The van der Waals surface area contributed by atoms with Gasteiger partial charge < -0.3 is 14.8 Å². The first-order valence-corrected chi connectivity index (χ1v) is 10.3. The molecule has 0 unspecified atom stereocenters. The van der Waals surface area contributed by atoms with Crippen LogP contribution in [0.2, 0.25) is 0 Å². The van der Waals surface area contributed by atoms with Gasteiger partial charge in [-0.1, -0.05) is 44.2 Å². The molecule has 2 aromatic carbocycles. The Morgan fingerprint density at radius 2 is 1.69 bits per heavy atom. The van der Waals surface area contributed by atoms with E-state index in [1.165, 1.54) is 24.0 Å². The standard InChI is InChI=1S/C24H32N2O3/c1-17(2)20-8-5-18(6-9-20)15-26(21-10-11-21)16-24(27)25-14-19-7-12-22(28-3)23(13-19)29-4/h5-9,12-13,17,21H,10-11,14-16H2,1-4H3,(H,25,27). The molecule has 1 N–H and O–H groups in total. The summed E-state index contributed by atoms with van der Waals surface area (Å²) in [5.74, 6) is 1.94. The molecule has 0 aliphatic heterocycles. The van der Waals surface area contributed by atoms with Crippen LogP contribution in [0.25, 0.3) is 0 Å². The molecule has 0 spiro atoms. The maximum atomic E-state index is 12.6. The molecule has 0 aromatic heterocycles. The van der Waals surface area contributed by atoms with Crippen molar-refractivity contribution >= 4 is 5.91 Å². The number of carbonyl (C=O) groups is 1. The first kappa shape index (κ1) is 21.2. The fourth-order valence-electron chi connectivity index (χ4n) is 3.43. The van der Waals surface area contributed by atoms with Crippen molar-refractivity contribution in [2.45, 2.75) is 51.7 Å². The topological polar surface area (TPSA) is 50.8 Å². The fraction of sp³-hybridized carbons (Fsp3) is 0.458. The highest BCUT2D eigenvalue weighted by Gasteiger charge is 2.30. The Hall–Kier alpha value is -2.53. The fourth-order valence-corrected chi connectivity index (χ4v) is 3.43. The zero-order chi connectivity index (χ0) is 20.8. The number of nitrogens with one attached hydrogen (secondary N) is 1. The summed E-state index contributed by atoms with van der Waals surface area (Å²) in [4.78, 5) is 14.8. The van der Waals surface area contributed by atoms with Crippen LogP contribution in [-0.2, 0) is 17.9 Å². The number of hydrogen-bond acceptors (Lipinski definition) is 4. The van der Waals surface area contributed by atoms with Gasteiger partial charge in [0, 0.05) is 19.1 Å². The predicted molar refractivity (Wildman–Crippen MR) is 115 cm³/mol. The molecule has 29 heavy (non-hydrogen) atoms. The number of amides is 1. The van der Waals surface area contributed by atoms with Gasteiger partial charge in [0.05, 0.1) is 20.8 Å². The Bertz CT molecular complexity index is 813. The molecule has 0 heterocycles. The van der Waals surface area contributed by atoms with E-state index in [1.54, 1.807) is 14.2 Å². The molecule has 1 saturated carbocycles. The minimum atomic E-state index is 0.0467. The highest BCUT2D eigenvalue weighted by molar-refractivity contribution is 5.78. The maximum Gasteiger partial charge on any atom is 0.234 e. The van der Waals surface area contributed by atoms with E-state index in [9.17, 15) is 4.79 Å². The number of rotatable bonds is 10. The third-order valence-corrected chi connectivity index (χ3v) is 5.38. The number of benzene rings is 2. The zero-order valence-corrected chi connectivity index (χ0v) is 17.9. The third-order valence-electron chi connectivity index (χ3n) is 5.38. The summed E-state index contributed by atoms with van der Waals surface area (Å²) in [6.45, 7) is 6.11. The molecule has 0 bridgehead atoms. The average Bonchev–Trinajstić information content (AvgIpc) is 3.57. The lowest BCUT2D eigenvalue weighted by Gasteiger charge is -2.22. The van der Waals surface area contributed by atoms with Crippen LogP contribution in [0.15, 0.2) is 42.5 Å². The molecule has 1 amide bonds. The molecule has 2 aromatic rings. The Balaban J connectivity index is 1.55. The molecule has 0 atom stereocenters. The van der Waals surface area contributed by atoms with Crippen LogP contribution in [0.3, 0.4) is 0 Å². The van der Waals surface area contributed by atoms with E-state index in [0.29, 0.717) is 36.5 Å². The SMILES string of the molecule is COc1ccc(CNC(=O)CN(Cc2ccc(C(C)C)cc2)C2CC2)cc1OC. The zero-order valence-electron chi connectivity index (χ0n) is 17.9. The lowest BCUT2D eigenvalue weighted by molar-refractivity contribution is -0.122. The molecule has 3 rings (SSSR count). The van der Waals surface area contributed by atoms with Crippen LogP contribution < -0.4 is 14.8 Å². The van der Waals surface area contributed by atoms with Crippen molar-refractivity contribution in [3.8, 4) is 11.5 Å². The van der Waals surface area contributed by atoms with E-state index in [2.05, 4.69) is 48.3 Å². The minimum Gasteiger partial charge on any atom is -0.493 e. The van der Waals surface area contributed by atoms with Crippen molar-refractivity contribution in [2.75, 3.05) is 20.8 Å². The third kappa shape index (κ3) is 5.97. The first-order valence-electron chi connectivity index (χ1n) is 10.3. The molecule has 1 fully saturated rings. The van der Waals surface area contributed by atoms with Crippen molar-refractivity contribution < 1.29 is 14.3 Å². The van der Waals surface area contributed by atoms with E-state index in [0.717, 1.165) is 12.1 Å². The second-order valence-corrected chi connectivity index (χ2v) is 8.00. The monoisotopic (exact) mass is 396 g/mol. The molecule has 5 heteroatoms. The van der Waals surface area contributed by atoms with Crippen molar-refractivity contribution in [2.24, 2.45) is 0 Å². The number of nitrogens with zero attached hydrogens (tertiary/aromatic N) is 1. The molecular formula is C24H32N2O3. The average molecular weight is 397 g/mol. The second kappa shape index (κ2) is 9.79. The van der Waals surface area contributed by atoms with Crippen LogP contribution in [0, 0.1) is 0 Å². The number of carbonyl (C=O) groups excluding carboxylic acids is 1. The summed E-state index contributed by atoms with van der Waals surface area (Å²) >= 11 is 0. The summed E-state index contributed by atoms with van der Waals surface area (Å²) < 4.78 is 10.6. The van der Waals surface area contributed by atoms with Crippen LogP contribution in [0.4, 0.5) is 0 Å². The van der Waals surface area contributed by atoms with Crippen LogP contribution in [-0.4, -0.2) is 37.6 Å². The van der Waals surface area contributed by atoms with Gasteiger partial charge in [0.1, 0.15) is 0 Å². The molecular weight excluding hydrogens is 364 g/mol. The van der Waals surface area contributed by atoms with Crippen molar-refractivity contribution in [3.63, 3.8) is 0 Å². The molecule has 0 radical (unpaired) electrons. The number of methoxy groups -OCH3 is 2. The van der Waals surface area contributed by atoms with E-state index in [-0.39, 0.29) is 5.91 Å². The van der Waals surface area contributed by atoms with Crippen molar-refractivity contribution in [1.82, 2.24) is 10.2 Å². The first-order chi connectivity index (χ1) is 14.0. The lowest BCUT2D eigenvalue weighted by atomic mass is 10.0. The second-order valence-electron chi connectivity index (χ2n) is 8.00. The summed E-state index contributed by atoms with van der Waals surface area (Å²) in [6, 6.07) is 15.0. The normalized spacial score (nSPS) is 13.6. The Labute approximate surface area is 174 Å². The van der Waals surface area contributed by atoms with E-state index >= 15 is 0 Å². The molecule has 0 saturated heterocycles. The van der Waals surface area contributed by atoms with Crippen molar-refractivity contribution in [3.05, 3.63) is 59.2 Å². The van der Waals surface area contributed by atoms with Gasteiger partial charge >= 0.3 is 0 Å². The largest absolute Gasteiger partial charge is 0.493 e. The van der Waals surface area contributed by atoms with Crippen molar-refractivity contribution in [1.29, 1.82) is 0 Å². The minimum absolute atomic E-state index is 0.0467. The predicted octanol–water partition coefficient (Wildman–Crippen LogP) is 4.11. The van der Waals surface area contributed by atoms with Gasteiger partial charge in [0.2, 0.25) is 5.91 Å². The summed E-state index contributed by atoms with van der Waals surface area (Å²) in [7, 11) is 3.23. The molecule has 156 valence electrons. The number of hydrogen-bond donors (Lipinski definition) is 1. The van der Waals surface area contributed by atoms with Gasteiger partial charge in [-0.2, -0.15) is 0 Å². The highest BCUT2D eigenvalue weighted by atomic mass is 16.5. The highest BCUT2D eigenvalue weighted by Crippen LogP contribution is 2.29. The summed E-state index contributed by atoms with van der Waals surface area (Å²) in [5, 5.41) is 3.03. The molecule has 1 aliphatic carbocycles. The van der Waals surface area contributed by atoms with Gasteiger partial charge in [-0.05, 0) is 47.6 Å². The van der Waals surface area contributed by atoms with Gasteiger partial charge in [0.25, 0.3) is 0 Å². The Morgan fingerprint density at radius 3 is 2.28 bits per heavy atom. The van der Waals surface area contributed by atoms with Gasteiger partial charge in [-0.25, -0.2) is 0 Å². The van der Waals surface area contributed by atoms with E-state index in [1.807, 2.05) is 18.2 Å².